The highest BCUT2D eigenvalue weighted by Gasteiger charge is 2.30. The van der Waals surface area contributed by atoms with Gasteiger partial charge in [-0.15, -0.1) is 0 Å². The van der Waals surface area contributed by atoms with E-state index in [0.717, 1.165) is 29.1 Å². The van der Waals surface area contributed by atoms with E-state index in [1.807, 2.05) is 20.9 Å². The minimum absolute atomic E-state index is 0.0334. The molecule has 1 aromatic carbocycles. The first-order chi connectivity index (χ1) is 13.9. The van der Waals surface area contributed by atoms with Gasteiger partial charge in [-0.2, -0.15) is 18.3 Å². The Bertz CT molecular complexity index is 925. The predicted molar refractivity (Wildman–Crippen MR) is 105 cm³/mol. The van der Waals surface area contributed by atoms with Gasteiger partial charge in [-0.1, -0.05) is 6.07 Å². The number of aliphatic carboxylic acids is 1. The van der Waals surface area contributed by atoms with E-state index in [4.69, 9.17) is 0 Å². The molecule has 0 radical (unpaired) electrons. The molecule has 0 aliphatic rings. The fraction of sp³-hybridized carbons (Fsp3) is 0.450. The van der Waals surface area contributed by atoms with Gasteiger partial charge in [-0.25, -0.2) is 0 Å². The molecular formula is C20H25F3N4O3. The first-order valence-corrected chi connectivity index (χ1v) is 9.26. The van der Waals surface area contributed by atoms with E-state index < -0.39 is 29.5 Å². The molecule has 0 saturated heterocycles. The van der Waals surface area contributed by atoms with Crippen LogP contribution in [0.4, 0.5) is 18.9 Å². The Morgan fingerprint density at radius 1 is 1.30 bits per heavy atom. The second-order valence-corrected chi connectivity index (χ2v) is 7.34. The maximum absolute atomic E-state index is 12.8. The van der Waals surface area contributed by atoms with Crippen LogP contribution in [0.2, 0.25) is 0 Å². The van der Waals surface area contributed by atoms with Crippen LogP contribution in [0.5, 0.6) is 0 Å². The van der Waals surface area contributed by atoms with Crippen LogP contribution < -0.4 is 5.32 Å². The molecule has 30 heavy (non-hydrogen) atoms. The first kappa shape index (κ1) is 23.4. The molecule has 164 valence electrons. The van der Waals surface area contributed by atoms with Gasteiger partial charge in [0, 0.05) is 43.5 Å². The van der Waals surface area contributed by atoms with Crippen molar-refractivity contribution in [2.24, 2.45) is 13.0 Å². The third kappa shape index (κ3) is 6.06. The fourth-order valence-electron chi connectivity index (χ4n) is 3.20. The van der Waals surface area contributed by atoms with Crippen molar-refractivity contribution < 1.29 is 27.9 Å². The van der Waals surface area contributed by atoms with Gasteiger partial charge >= 0.3 is 12.1 Å². The number of rotatable bonds is 8. The molecule has 2 aromatic rings. The number of hydrogen-bond acceptors (Lipinski definition) is 4. The summed E-state index contributed by atoms with van der Waals surface area (Å²) in [6.07, 6.45) is -4.89. The minimum Gasteiger partial charge on any atom is -0.481 e. The lowest BCUT2D eigenvalue weighted by Crippen LogP contribution is -2.33. The van der Waals surface area contributed by atoms with E-state index in [-0.39, 0.29) is 18.7 Å². The molecule has 0 aliphatic carbocycles. The monoisotopic (exact) mass is 426 g/mol. The molecule has 0 spiro atoms. The van der Waals surface area contributed by atoms with Crippen molar-refractivity contribution in [2.75, 3.05) is 18.9 Å². The van der Waals surface area contributed by atoms with Gasteiger partial charge in [-0.05, 0) is 39.1 Å². The van der Waals surface area contributed by atoms with Crippen LogP contribution in [0, 0.1) is 19.8 Å². The highest BCUT2D eigenvalue weighted by molar-refractivity contribution is 5.93. The fourth-order valence-corrected chi connectivity index (χ4v) is 3.20. The molecule has 0 bridgehead atoms. The van der Waals surface area contributed by atoms with E-state index in [1.165, 1.54) is 12.1 Å². The number of carbonyl (C=O) groups excluding carboxylic acids is 1. The number of hydrogen-bond donors (Lipinski definition) is 2. The number of anilines is 1. The zero-order valence-electron chi connectivity index (χ0n) is 17.2. The van der Waals surface area contributed by atoms with Crippen molar-refractivity contribution in [3.63, 3.8) is 0 Å². The van der Waals surface area contributed by atoms with Gasteiger partial charge in [0.05, 0.1) is 17.2 Å². The van der Waals surface area contributed by atoms with Crippen molar-refractivity contribution in [3.8, 4) is 0 Å². The topological polar surface area (TPSA) is 87.5 Å². The molecule has 0 aliphatic heterocycles. The number of aromatic nitrogens is 2. The molecule has 2 rings (SSSR count). The van der Waals surface area contributed by atoms with E-state index >= 15 is 0 Å². The zero-order chi connectivity index (χ0) is 22.6. The van der Waals surface area contributed by atoms with Crippen molar-refractivity contribution in [2.45, 2.75) is 33.0 Å². The molecule has 1 amide bonds. The summed E-state index contributed by atoms with van der Waals surface area (Å²) in [5.74, 6) is -2.83. The Balaban J connectivity index is 2.01. The SMILES string of the molecule is Cc1nn(C)c(C)c1CN(C)C[C@H](CC(=O)Nc1cccc(C(F)(F)F)c1)C(=O)O. The molecule has 1 heterocycles. The van der Waals surface area contributed by atoms with E-state index in [9.17, 15) is 27.9 Å². The average molecular weight is 426 g/mol. The van der Waals surface area contributed by atoms with Gasteiger partial charge in [0.2, 0.25) is 5.91 Å². The maximum Gasteiger partial charge on any atom is 0.416 e. The van der Waals surface area contributed by atoms with Gasteiger partial charge in [0.15, 0.2) is 0 Å². The highest BCUT2D eigenvalue weighted by atomic mass is 19.4. The van der Waals surface area contributed by atoms with Crippen LogP contribution in [0.1, 0.15) is 28.9 Å². The van der Waals surface area contributed by atoms with Gasteiger partial charge < -0.3 is 15.3 Å². The molecule has 0 unspecified atom stereocenters. The second-order valence-electron chi connectivity index (χ2n) is 7.34. The summed E-state index contributed by atoms with van der Waals surface area (Å²) >= 11 is 0. The largest absolute Gasteiger partial charge is 0.481 e. The molecule has 10 heteroatoms. The number of aryl methyl sites for hydroxylation is 2. The van der Waals surface area contributed by atoms with Crippen molar-refractivity contribution in [3.05, 3.63) is 46.8 Å². The lowest BCUT2D eigenvalue weighted by molar-refractivity contribution is -0.144. The number of alkyl halides is 3. The number of halogens is 3. The second kappa shape index (κ2) is 9.29. The van der Waals surface area contributed by atoms with Crippen LogP contribution in [0.25, 0.3) is 0 Å². The number of carboxylic acids is 1. The smallest absolute Gasteiger partial charge is 0.416 e. The Labute approximate surface area is 172 Å². The summed E-state index contributed by atoms with van der Waals surface area (Å²) in [5, 5.41) is 16.2. The quantitative estimate of drug-likeness (QED) is 0.677. The normalized spacial score (nSPS) is 12.8. The molecular weight excluding hydrogens is 401 g/mol. The van der Waals surface area contributed by atoms with E-state index in [2.05, 4.69) is 10.4 Å². The van der Waals surface area contributed by atoms with E-state index in [1.54, 1.807) is 16.6 Å². The number of carbonyl (C=O) groups is 2. The minimum atomic E-state index is -4.53. The molecule has 7 nitrogen and oxygen atoms in total. The lowest BCUT2D eigenvalue weighted by Gasteiger charge is -2.21. The third-order valence-corrected chi connectivity index (χ3v) is 4.87. The summed E-state index contributed by atoms with van der Waals surface area (Å²) in [6.45, 7) is 4.34. The molecule has 1 aromatic heterocycles. The van der Waals surface area contributed by atoms with Gasteiger partial charge in [0.1, 0.15) is 0 Å². The molecule has 2 N–H and O–H groups in total. The summed E-state index contributed by atoms with van der Waals surface area (Å²) < 4.78 is 40.1. The van der Waals surface area contributed by atoms with Gasteiger partial charge in [0.25, 0.3) is 0 Å². The molecule has 1 atom stereocenters. The summed E-state index contributed by atoms with van der Waals surface area (Å²) in [5.41, 5.74) is 1.87. The highest BCUT2D eigenvalue weighted by Crippen LogP contribution is 2.30. The number of carboxylic acid groups (broad SMARTS) is 1. The lowest BCUT2D eigenvalue weighted by atomic mass is 10.0. The standard InChI is InChI=1S/C20H25F3N4O3/c1-12-17(13(2)27(4)25-12)11-26(3)10-14(19(29)30)8-18(28)24-16-7-5-6-15(9-16)20(21,22)23/h5-7,9,14H,8,10-11H2,1-4H3,(H,24,28)(H,29,30)/t14-/m0/s1. The number of amides is 1. The Kier molecular flexibility index (Phi) is 7.25. The Morgan fingerprint density at radius 3 is 2.50 bits per heavy atom. The van der Waals surface area contributed by atoms with Crippen molar-refractivity contribution in [1.29, 1.82) is 0 Å². The number of nitrogens with zero attached hydrogens (tertiary/aromatic N) is 3. The van der Waals surface area contributed by atoms with Crippen LogP contribution in [-0.2, 0) is 29.4 Å². The Hall–Kier alpha value is -2.88. The summed E-state index contributed by atoms with van der Waals surface area (Å²) in [7, 11) is 3.57. The zero-order valence-corrected chi connectivity index (χ0v) is 17.2. The van der Waals surface area contributed by atoms with Crippen LogP contribution in [0.15, 0.2) is 24.3 Å². The molecule has 0 saturated carbocycles. The summed E-state index contributed by atoms with van der Waals surface area (Å²) in [4.78, 5) is 25.7. The Morgan fingerprint density at radius 2 is 1.97 bits per heavy atom. The van der Waals surface area contributed by atoms with E-state index in [0.29, 0.717) is 6.54 Å². The van der Waals surface area contributed by atoms with Crippen LogP contribution in [0.3, 0.4) is 0 Å². The van der Waals surface area contributed by atoms with Gasteiger partial charge in [-0.3, -0.25) is 14.3 Å². The van der Waals surface area contributed by atoms with Crippen molar-refractivity contribution in [1.82, 2.24) is 14.7 Å². The maximum atomic E-state index is 12.8. The average Bonchev–Trinajstić information content (AvgIpc) is 2.86. The third-order valence-electron chi connectivity index (χ3n) is 4.87. The van der Waals surface area contributed by atoms with Crippen LogP contribution >= 0.6 is 0 Å². The van der Waals surface area contributed by atoms with Crippen LogP contribution in [-0.4, -0.2) is 45.3 Å². The number of benzene rings is 1. The molecule has 0 fully saturated rings. The number of nitrogens with one attached hydrogen (secondary N) is 1. The summed E-state index contributed by atoms with van der Waals surface area (Å²) in [6, 6.07) is 4.21. The predicted octanol–water partition coefficient (Wildman–Crippen LogP) is 3.22. The van der Waals surface area contributed by atoms with Crippen molar-refractivity contribution >= 4 is 17.6 Å². The first-order valence-electron chi connectivity index (χ1n) is 9.26.